The number of hydrogen-bond donors (Lipinski definition) is 1. The van der Waals surface area contributed by atoms with Crippen LogP contribution in [0.3, 0.4) is 0 Å². The molecule has 2 rings (SSSR count). The summed E-state index contributed by atoms with van der Waals surface area (Å²) in [6.45, 7) is 2.00. The second-order valence-corrected chi connectivity index (χ2v) is 4.82. The number of alkyl halides is 3. The summed E-state index contributed by atoms with van der Waals surface area (Å²) in [5.41, 5.74) is 0.950. The summed E-state index contributed by atoms with van der Waals surface area (Å²) in [6.07, 6.45) is -3.62. The minimum atomic E-state index is -4.31. The standard InChI is InChI=1S/C14H17F3N2/c1-9(18-2)7-10-8-11-12(14(15,16)17)5-4-6-13(11)19(10)3/h4-6,8-9,18H,7H2,1-3H3. The van der Waals surface area contributed by atoms with E-state index in [1.807, 2.05) is 18.5 Å². The van der Waals surface area contributed by atoms with Crippen molar-refractivity contribution in [1.29, 1.82) is 0 Å². The third-order valence-corrected chi connectivity index (χ3v) is 3.50. The largest absolute Gasteiger partial charge is 0.417 e. The molecule has 1 N–H and O–H groups in total. The topological polar surface area (TPSA) is 17.0 Å². The molecule has 0 aliphatic rings. The zero-order chi connectivity index (χ0) is 14.2. The van der Waals surface area contributed by atoms with E-state index in [9.17, 15) is 13.2 Å². The third-order valence-electron chi connectivity index (χ3n) is 3.50. The number of nitrogens with one attached hydrogen (secondary N) is 1. The van der Waals surface area contributed by atoms with E-state index < -0.39 is 11.7 Å². The van der Waals surface area contributed by atoms with E-state index in [1.165, 1.54) is 6.07 Å². The number of aromatic nitrogens is 1. The van der Waals surface area contributed by atoms with Crippen LogP contribution in [-0.2, 0) is 19.6 Å². The molecule has 1 unspecified atom stereocenters. The predicted octanol–water partition coefficient (Wildman–Crippen LogP) is 3.35. The molecule has 0 spiro atoms. The van der Waals surface area contributed by atoms with Crippen LogP contribution in [0.15, 0.2) is 24.3 Å². The molecular weight excluding hydrogens is 253 g/mol. The number of halogens is 3. The Morgan fingerprint density at radius 3 is 2.58 bits per heavy atom. The van der Waals surface area contributed by atoms with E-state index in [2.05, 4.69) is 5.32 Å². The van der Waals surface area contributed by atoms with Gasteiger partial charge in [-0.1, -0.05) is 6.07 Å². The first-order valence-corrected chi connectivity index (χ1v) is 6.16. The Kier molecular flexibility index (Phi) is 3.58. The average Bonchev–Trinajstić information content (AvgIpc) is 2.65. The van der Waals surface area contributed by atoms with Crippen LogP contribution in [0.25, 0.3) is 10.9 Å². The first-order valence-electron chi connectivity index (χ1n) is 6.16. The zero-order valence-corrected chi connectivity index (χ0v) is 11.2. The molecule has 1 atom stereocenters. The van der Waals surface area contributed by atoms with E-state index >= 15 is 0 Å². The Hall–Kier alpha value is -1.49. The van der Waals surface area contributed by atoms with Gasteiger partial charge in [0, 0.05) is 36.1 Å². The van der Waals surface area contributed by atoms with Crippen molar-refractivity contribution in [3.8, 4) is 0 Å². The maximum Gasteiger partial charge on any atom is 0.417 e. The van der Waals surface area contributed by atoms with Gasteiger partial charge in [-0.25, -0.2) is 0 Å². The number of aryl methyl sites for hydroxylation is 1. The summed E-state index contributed by atoms with van der Waals surface area (Å²) in [6, 6.07) is 6.17. The smallest absolute Gasteiger partial charge is 0.348 e. The summed E-state index contributed by atoms with van der Waals surface area (Å²) < 4.78 is 40.7. The van der Waals surface area contributed by atoms with Crippen LogP contribution in [-0.4, -0.2) is 17.7 Å². The summed E-state index contributed by atoms with van der Waals surface area (Å²) in [5, 5.41) is 3.37. The van der Waals surface area contributed by atoms with Crippen LogP contribution in [0.1, 0.15) is 18.2 Å². The van der Waals surface area contributed by atoms with Gasteiger partial charge in [-0.05, 0) is 32.2 Å². The van der Waals surface area contributed by atoms with Gasteiger partial charge in [0.2, 0.25) is 0 Å². The van der Waals surface area contributed by atoms with E-state index in [4.69, 9.17) is 0 Å². The van der Waals surface area contributed by atoms with Crippen molar-refractivity contribution in [2.24, 2.45) is 7.05 Å². The SMILES string of the molecule is CNC(C)Cc1cc2c(C(F)(F)F)cccc2n1C. The van der Waals surface area contributed by atoms with Crippen molar-refractivity contribution in [3.05, 3.63) is 35.5 Å². The lowest BCUT2D eigenvalue weighted by atomic mass is 10.1. The molecule has 0 aliphatic carbocycles. The van der Waals surface area contributed by atoms with Gasteiger partial charge in [-0.3, -0.25) is 0 Å². The Bertz CT molecular complexity index is 584. The molecule has 104 valence electrons. The quantitative estimate of drug-likeness (QED) is 0.905. The molecule has 0 amide bonds. The number of nitrogens with zero attached hydrogens (tertiary/aromatic N) is 1. The Morgan fingerprint density at radius 1 is 1.32 bits per heavy atom. The molecule has 0 fully saturated rings. The van der Waals surface area contributed by atoms with Crippen LogP contribution in [0, 0.1) is 0 Å². The number of likely N-dealkylation sites (N-methyl/N-ethyl adjacent to an activating group) is 1. The molecule has 2 nitrogen and oxygen atoms in total. The highest BCUT2D eigenvalue weighted by atomic mass is 19.4. The van der Waals surface area contributed by atoms with Crippen LogP contribution in [0.4, 0.5) is 13.2 Å². The minimum absolute atomic E-state index is 0.220. The van der Waals surface area contributed by atoms with Gasteiger partial charge in [0.25, 0.3) is 0 Å². The molecular formula is C14H17F3N2. The fraction of sp³-hybridized carbons (Fsp3) is 0.429. The van der Waals surface area contributed by atoms with Crippen LogP contribution < -0.4 is 5.32 Å². The van der Waals surface area contributed by atoms with Crippen molar-refractivity contribution in [3.63, 3.8) is 0 Å². The van der Waals surface area contributed by atoms with Gasteiger partial charge in [-0.15, -0.1) is 0 Å². The molecule has 0 radical (unpaired) electrons. The Labute approximate surface area is 110 Å². The molecule has 0 bridgehead atoms. The van der Waals surface area contributed by atoms with Crippen molar-refractivity contribution in [2.45, 2.75) is 25.6 Å². The third kappa shape index (κ3) is 2.61. The van der Waals surface area contributed by atoms with Gasteiger partial charge in [0.1, 0.15) is 0 Å². The molecule has 1 aromatic heterocycles. The molecule has 0 saturated heterocycles. The second-order valence-electron chi connectivity index (χ2n) is 4.82. The van der Waals surface area contributed by atoms with Gasteiger partial charge < -0.3 is 9.88 Å². The van der Waals surface area contributed by atoms with Crippen molar-refractivity contribution < 1.29 is 13.2 Å². The zero-order valence-electron chi connectivity index (χ0n) is 11.2. The number of fused-ring (bicyclic) bond motifs is 1. The molecule has 5 heteroatoms. The van der Waals surface area contributed by atoms with Crippen LogP contribution in [0.2, 0.25) is 0 Å². The highest BCUT2D eigenvalue weighted by molar-refractivity contribution is 5.85. The van der Waals surface area contributed by atoms with E-state index in [0.29, 0.717) is 11.9 Å². The molecule has 1 aromatic carbocycles. The van der Waals surface area contributed by atoms with Gasteiger partial charge in [-0.2, -0.15) is 13.2 Å². The lowest BCUT2D eigenvalue weighted by molar-refractivity contribution is -0.136. The van der Waals surface area contributed by atoms with Gasteiger partial charge in [0.05, 0.1) is 5.56 Å². The molecule has 0 saturated carbocycles. The summed E-state index contributed by atoms with van der Waals surface area (Å²) >= 11 is 0. The molecule has 1 heterocycles. The highest BCUT2D eigenvalue weighted by Crippen LogP contribution is 2.35. The van der Waals surface area contributed by atoms with E-state index in [1.54, 1.807) is 19.2 Å². The van der Waals surface area contributed by atoms with Crippen molar-refractivity contribution >= 4 is 10.9 Å². The fourth-order valence-electron chi connectivity index (χ4n) is 2.27. The Balaban J connectivity index is 2.56. The first kappa shape index (κ1) is 13.9. The lowest BCUT2D eigenvalue weighted by Gasteiger charge is -2.10. The monoisotopic (exact) mass is 270 g/mol. The molecule has 2 aromatic rings. The Morgan fingerprint density at radius 2 is 2.00 bits per heavy atom. The van der Waals surface area contributed by atoms with E-state index in [0.717, 1.165) is 11.8 Å². The normalized spacial score (nSPS) is 14.0. The summed E-state index contributed by atoms with van der Waals surface area (Å²) in [4.78, 5) is 0. The lowest BCUT2D eigenvalue weighted by Crippen LogP contribution is -2.24. The predicted molar refractivity (Wildman–Crippen MR) is 70.1 cm³/mol. The van der Waals surface area contributed by atoms with Crippen LogP contribution in [0.5, 0.6) is 0 Å². The maximum atomic E-state index is 13.0. The van der Waals surface area contributed by atoms with E-state index in [-0.39, 0.29) is 11.4 Å². The number of benzene rings is 1. The minimum Gasteiger partial charge on any atom is -0.348 e. The molecule has 0 aliphatic heterocycles. The second kappa shape index (κ2) is 4.89. The number of rotatable bonds is 3. The number of hydrogen-bond acceptors (Lipinski definition) is 1. The summed E-state index contributed by atoms with van der Waals surface area (Å²) in [7, 11) is 3.65. The van der Waals surface area contributed by atoms with Crippen molar-refractivity contribution in [1.82, 2.24) is 9.88 Å². The summed E-state index contributed by atoms with van der Waals surface area (Å²) in [5.74, 6) is 0. The van der Waals surface area contributed by atoms with Crippen molar-refractivity contribution in [2.75, 3.05) is 7.05 Å². The highest BCUT2D eigenvalue weighted by Gasteiger charge is 2.33. The maximum absolute atomic E-state index is 13.0. The first-order chi connectivity index (χ1) is 8.84. The van der Waals surface area contributed by atoms with Crippen LogP contribution >= 0.6 is 0 Å². The van der Waals surface area contributed by atoms with Gasteiger partial charge >= 0.3 is 6.18 Å². The average molecular weight is 270 g/mol. The fourth-order valence-corrected chi connectivity index (χ4v) is 2.27. The van der Waals surface area contributed by atoms with Gasteiger partial charge in [0.15, 0.2) is 0 Å². The molecule has 19 heavy (non-hydrogen) atoms.